The second-order valence-electron chi connectivity index (χ2n) is 7.55. The number of carbonyl (C=O) groups is 3. The van der Waals surface area contributed by atoms with Gasteiger partial charge in [-0.15, -0.1) is 0 Å². The third-order valence-electron chi connectivity index (χ3n) is 5.70. The molecule has 0 bridgehead atoms. The molecule has 3 amide bonds. The molecule has 6 nitrogen and oxygen atoms in total. The normalized spacial score (nSPS) is 20.7. The molecule has 2 fully saturated rings. The molecule has 2 aliphatic rings. The molecule has 1 aromatic rings. The van der Waals surface area contributed by atoms with Crippen LogP contribution in [0.1, 0.15) is 45.4 Å². The van der Waals surface area contributed by atoms with Crippen molar-refractivity contribution >= 4 is 23.4 Å². The number of nitrogens with zero attached hydrogens (tertiary/aromatic N) is 2. The van der Waals surface area contributed by atoms with Crippen LogP contribution in [0.3, 0.4) is 0 Å². The first-order valence-corrected chi connectivity index (χ1v) is 10.1. The van der Waals surface area contributed by atoms with Gasteiger partial charge in [-0.2, -0.15) is 0 Å². The molecule has 2 heterocycles. The van der Waals surface area contributed by atoms with E-state index in [1.54, 1.807) is 9.80 Å². The van der Waals surface area contributed by atoms with E-state index in [1.807, 2.05) is 6.92 Å². The maximum absolute atomic E-state index is 13.0. The number of piperidine rings is 2. The Hall–Kier alpha value is -2.44. The zero-order valence-electron chi connectivity index (χ0n) is 16.3. The van der Waals surface area contributed by atoms with Crippen molar-refractivity contribution in [3.05, 3.63) is 30.1 Å². The Kier molecular flexibility index (Phi) is 6.65. The van der Waals surface area contributed by atoms with Crippen molar-refractivity contribution in [3.8, 4) is 0 Å². The minimum absolute atomic E-state index is 0.0129. The summed E-state index contributed by atoms with van der Waals surface area (Å²) in [5.41, 5.74) is 0.570. The molecule has 0 aliphatic carbocycles. The molecule has 1 unspecified atom stereocenters. The third-order valence-corrected chi connectivity index (χ3v) is 5.70. The van der Waals surface area contributed by atoms with Gasteiger partial charge in [0.2, 0.25) is 17.7 Å². The third kappa shape index (κ3) is 4.69. The van der Waals surface area contributed by atoms with E-state index in [-0.39, 0.29) is 35.5 Å². The van der Waals surface area contributed by atoms with E-state index in [1.165, 1.54) is 24.3 Å². The number of benzene rings is 1. The largest absolute Gasteiger partial charge is 0.341 e. The maximum atomic E-state index is 13.0. The average molecular weight is 389 g/mol. The van der Waals surface area contributed by atoms with Gasteiger partial charge in [-0.05, 0) is 56.4 Å². The van der Waals surface area contributed by atoms with Crippen LogP contribution in [-0.4, -0.2) is 53.2 Å². The van der Waals surface area contributed by atoms with Gasteiger partial charge < -0.3 is 15.1 Å². The van der Waals surface area contributed by atoms with Gasteiger partial charge in [0.25, 0.3) is 0 Å². The van der Waals surface area contributed by atoms with Gasteiger partial charge in [0.05, 0.1) is 0 Å². The average Bonchev–Trinajstić information content (AvgIpc) is 2.74. The molecule has 152 valence electrons. The van der Waals surface area contributed by atoms with Gasteiger partial charge in [0.1, 0.15) is 11.9 Å². The fraction of sp³-hybridized carbons (Fsp3) is 0.571. The van der Waals surface area contributed by atoms with Crippen LogP contribution in [0.2, 0.25) is 0 Å². The fourth-order valence-electron chi connectivity index (χ4n) is 4.04. The van der Waals surface area contributed by atoms with Crippen molar-refractivity contribution in [2.45, 2.75) is 51.5 Å². The summed E-state index contributed by atoms with van der Waals surface area (Å²) >= 11 is 0. The summed E-state index contributed by atoms with van der Waals surface area (Å²) < 4.78 is 13.0. The number of likely N-dealkylation sites (tertiary alicyclic amines) is 2. The van der Waals surface area contributed by atoms with Crippen LogP contribution in [0, 0.1) is 11.7 Å². The van der Waals surface area contributed by atoms with Gasteiger partial charge in [-0.3, -0.25) is 14.4 Å². The van der Waals surface area contributed by atoms with E-state index >= 15 is 0 Å². The summed E-state index contributed by atoms with van der Waals surface area (Å²) in [6.07, 6.45) is 4.22. The number of amides is 3. The van der Waals surface area contributed by atoms with Crippen molar-refractivity contribution < 1.29 is 18.8 Å². The predicted octanol–water partition coefficient (Wildman–Crippen LogP) is 2.79. The maximum Gasteiger partial charge on any atom is 0.245 e. The lowest BCUT2D eigenvalue weighted by molar-refractivity contribution is -0.148. The number of rotatable bonds is 4. The fourth-order valence-corrected chi connectivity index (χ4v) is 4.04. The van der Waals surface area contributed by atoms with Crippen LogP contribution >= 0.6 is 0 Å². The van der Waals surface area contributed by atoms with E-state index in [0.29, 0.717) is 44.6 Å². The second-order valence-corrected chi connectivity index (χ2v) is 7.55. The number of hydrogen-bond donors (Lipinski definition) is 1. The zero-order chi connectivity index (χ0) is 20.1. The summed E-state index contributed by atoms with van der Waals surface area (Å²) in [6.45, 7) is 3.51. The molecule has 1 N–H and O–H groups in total. The Balaban J connectivity index is 1.53. The zero-order valence-corrected chi connectivity index (χ0v) is 16.3. The van der Waals surface area contributed by atoms with Gasteiger partial charge in [0.15, 0.2) is 0 Å². The molecule has 1 atom stereocenters. The van der Waals surface area contributed by atoms with Crippen LogP contribution in [-0.2, 0) is 14.4 Å². The Bertz CT molecular complexity index is 714. The molecule has 0 aromatic heterocycles. The van der Waals surface area contributed by atoms with Crippen LogP contribution in [0.4, 0.5) is 10.1 Å². The van der Waals surface area contributed by atoms with Crippen LogP contribution in [0.25, 0.3) is 0 Å². The quantitative estimate of drug-likeness (QED) is 0.861. The number of carbonyl (C=O) groups excluding carboxylic acids is 3. The molecule has 7 heteroatoms. The summed E-state index contributed by atoms with van der Waals surface area (Å²) in [5, 5.41) is 2.81. The lowest BCUT2D eigenvalue weighted by Crippen LogP contribution is -2.54. The van der Waals surface area contributed by atoms with Crippen LogP contribution in [0.15, 0.2) is 24.3 Å². The van der Waals surface area contributed by atoms with Gasteiger partial charge in [-0.25, -0.2) is 4.39 Å². The van der Waals surface area contributed by atoms with E-state index in [0.717, 1.165) is 19.3 Å². The monoisotopic (exact) mass is 389 g/mol. The van der Waals surface area contributed by atoms with Crippen molar-refractivity contribution in [2.24, 2.45) is 5.92 Å². The second kappa shape index (κ2) is 9.17. The van der Waals surface area contributed by atoms with Crippen molar-refractivity contribution in [3.63, 3.8) is 0 Å². The summed E-state index contributed by atoms with van der Waals surface area (Å²) in [5.74, 6) is -0.568. The van der Waals surface area contributed by atoms with E-state index in [2.05, 4.69) is 5.32 Å². The Labute approximate surface area is 165 Å². The predicted molar refractivity (Wildman–Crippen MR) is 104 cm³/mol. The van der Waals surface area contributed by atoms with Crippen molar-refractivity contribution in [1.29, 1.82) is 0 Å². The molecule has 2 saturated heterocycles. The first-order valence-electron chi connectivity index (χ1n) is 10.1. The highest BCUT2D eigenvalue weighted by molar-refractivity contribution is 5.93. The SMILES string of the molecule is CCC(=O)N1CCCCC1C(=O)N1CCC(C(=O)Nc2ccc(F)cc2)CC1. The van der Waals surface area contributed by atoms with E-state index < -0.39 is 0 Å². The number of hydrogen-bond acceptors (Lipinski definition) is 3. The Morgan fingerprint density at radius 2 is 1.71 bits per heavy atom. The van der Waals surface area contributed by atoms with Gasteiger partial charge >= 0.3 is 0 Å². The summed E-state index contributed by atoms with van der Waals surface area (Å²) in [6, 6.07) is 5.34. The minimum atomic E-state index is -0.356. The number of nitrogens with one attached hydrogen (secondary N) is 1. The Morgan fingerprint density at radius 1 is 1.04 bits per heavy atom. The molecular formula is C21H28FN3O3. The first kappa shape index (κ1) is 20.3. The molecule has 0 saturated carbocycles. The highest BCUT2D eigenvalue weighted by Crippen LogP contribution is 2.24. The topological polar surface area (TPSA) is 69.7 Å². The standard InChI is InChI=1S/C21H28FN3O3/c1-2-19(26)25-12-4-3-5-18(25)21(28)24-13-10-15(11-14-24)20(27)23-17-8-6-16(22)7-9-17/h6-9,15,18H,2-5,10-14H2,1H3,(H,23,27). The molecule has 0 radical (unpaired) electrons. The smallest absolute Gasteiger partial charge is 0.245 e. The van der Waals surface area contributed by atoms with Gasteiger partial charge in [0, 0.05) is 37.7 Å². The Morgan fingerprint density at radius 3 is 2.36 bits per heavy atom. The number of anilines is 1. The summed E-state index contributed by atoms with van der Waals surface area (Å²) in [7, 11) is 0. The number of halogens is 1. The molecule has 0 spiro atoms. The summed E-state index contributed by atoms with van der Waals surface area (Å²) in [4.78, 5) is 41.1. The molecule has 2 aliphatic heterocycles. The van der Waals surface area contributed by atoms with Gasteiger partial charge in [-0.1, -0.05) is 6.92 Å². The minimum Gasteiger partial charge on any atom is -0.341 e. The van der Waals surface area contributed by atoms with Crippen molar-refractivity contribution in [1.82, 2.24) is 9.80 Å². The lowest BCUT2D eigenvalue weighted by Gasteiger charge is -2.39. The molecule has 28 heavy (non-hydrogen) atoms. The molecule has 1 aromatic carbocycles. The van der Waals surface area contributed by atoms with Crippen molar-refractivity contribution in [2.75, 3.05) is 25.0 Å². The highest BCUT2D eigenvalue weighted by atomic mass is 19.1. The first-order chi connectivity index (χ1) is 13.5. The molecule has 3 rings (SSSR count). The van der Waals surface area contributed by atoms with E-state index in [9.17, 15) is 18.8 Å². The molecular weight excluding hydrogens is 361 g/mol. The highest BCUT2D eigenvalue weighted by Gasteiger charge is 2.36. The lowest BCUT2D eigenvalue weighted by atomic mass is 9.94. The van der Waals surface area contributed by atoms with Crippen LogP contribution in [0.5, 0.6) is 0 Å². The van der Waals surface area contributed by atoms with Crippen LogP contribution < -0.4 is 5.32 Å². The van der Waals surface area contributed by atoms with E-state index in [4.69, 9.17) is 0 Å².